The molecule has 8 heteroatoms. The molecule has 2 aliphatic rings. The average molecular weight is 379 g/mol. The summed E-state index contributed by atoms with van der Waals surface area (Å²) in [6.07, 6.45) is 4.56. The summed E-state index contributed by atoms with van der Waals surface area (Å²) < 4.78 is 7.92. The first kappa shape index (κ1) is 17.1. The van der Waals surface area contributed by atoms with Crippen molar-refractivity contribution in [3.05, 3.63) is 17.5 Å². The fourth-order valence-electron chi connectivity index (χ4n) is 2.88. The molecule has 2 fully saturated rings. The van der Waals surface area contributed by atoms with Gasteiger partial charge in [-0.1, -0.05) is 17.8 Å². The highest BCUT2D eigenvalue weighted by Gasteiger charge is 2.28. The van der Waals surface area contributed by atoms with Gasteiger partial charge in [0.1, 0.15) is 0 Å². The van der Waals surface area contributed by atoms with E-state index in [4.69, 9.17) is 4.74 Å². The van der Waals surface area contributed by atoms with Crippen molar-refractivity contribution >= 4 is 29.0 Å². The predicted octanol–water partition coefficient (Wildman–Crippen LogP) is 2.94. The van der Waals surface area contributed by atoms with Crippen molar-refractivity contribution in [2.24, 2.45) is 0 Å². The summed E-state index contributed by atoms with van der Waals surface area (Å²) in [7, 11) is 0. The number of ether oxygens (including phenoxy) is 1. The molecular formula is C17H22N4O2S2. The highest BCUT2D eigenvalue weighted by atomic mass is 32.2. The van der Waals surface area contributed by atoms with Crippen molar-refractivity contribution in [1.29, 1.82) is 0 Å². The van der Waals surface area contributed by atoms with Crippen molar-refractivity contribution in [3.63, 3.8) is 0 Å². The molecule has 1 amide bonds. The van der Waals surface area contributed by atoms with Crippen LogP contribution in [0.3, 0.4) is 0 Å². The predicted molar refractivity (Wildman–Crippen MR) is 98.8 cm³/mol. The minimum absolute atomic E-state index is 0.0804. The van der Waals surface area contributed by atoms with E-state index in [0.29, 0.717) is 6.04 Å². The van der Waals surface area contributed by atoms with Gasteiger partial charge in [0, 0.05) is 12.6 Å². The fraction of sp³-hybridized carbons (Fsp3) is 0.588. The summed E-state index contributed by atoms with van der Waals surface area (Å²) >= 11 is 3.13. The number of aromatic nitrogens is 3. The zero-order chi connectivity index (χ0) is 17.2. The highest BCUT2D eigenvalue weighted by Crippen LogP contribution is 2.31. The quantitative estimate of drug-likeness (QED) is 0.750. The lowest BCUT2D eigenvalue weighted by Crippen LogP contribution is -2.32. The SMILES string of the molecule is CC(Sc1nnc(-c2cccs2)n1CC1CCCO1)C(=O)NC1CC1. The number of thiophene rings is 1. The van der Waals surface area contributed by atoms with Gasteiger partial charge in [-0.15, -0.1) is 21.5 Å². The zero-order valence-corrected chi connectivity index (χ0v) is 15.8. The Hall–Kier alpha value is -1.38. The average Bonchev–Trinajstić information content (AvgIpc) is 3.03. The number of hydrogen-bond donors (Lipinski definition) is 1. The molecular weight excluding hydrogens is 356 g/mol. The van der Waals surface area contributed by atoms with Crippen LogP contribution < -0.4 is 5.32 Å². The van der Waals surface area contributed by atoms with Gasteiger partial charge in [-0.2, -0.15) is 0 Å². The molecule has 1 saturated carbocycles. The first-order valence-corrected chi connectivity index (χ1v) is 10.5. The van der Waals surface area contributed by atoms with Crippen LogP contribution in [0.2, 0.25) is 0 Å². The second-order valence-electron chi connectivity index (χ2n) is 6.57. The van der Waals surface area contributed by atoms with E-state index < -0.39 is 0 Å². The molecule has 2 atom stereocenters. The molecule has 1 N–H and O–H groups in total. The van der Waals surface area contributed by atoms with Crippen molar-refractivity contribution < 1.29 is 9.53 Å². The molecule has 0 bridgehead atoms. The van der Waals surface area contributed by atoms with Gasteiger partial charge in [0.2, 0.25) is 5.91 Å². The molecule has 2 unspecified atom stereocenters. The third-order valence-corrected chi connectivity index (χ3v) is 6.39. The number of carbonyl (C=O) groups is 1. The van der Waals surface area contributed by atoms with Crippen LogP contribution >= 0.6 is 23.1 Å². The summed E-state index contributed by atoms with van der Waals surface area (Å²) in [5.41, 5.74) is 0. The largest absolute Gasteiger partial charge is 0.376 e. The van der Waals surface area contributed by atoms with Crippen molar-refractivity contribution in [1.82, 2.24) is 20.1 Å². The lowest BCUT2D eigenvalue weighted by molar-refractivity contribution is -0.120. The van der Waals surface area contributed by atoms with E-state index in [1.807, 2.05) is 18.4 Å². The monoisotopic (exact) mass is 378 g/mol. The number of carbonyl (C=O) groups excluding carboxylic acids is 1. The summed E-state index contributed by atoms with van der Waals surface area (Å²) in [4.78, 5) is 13.4. The van der Waals surface area contributed by atoms with Crippen LogP contribution in [0.5, 0.6) is 0 Å². The maximum absolute atomic E-state index is 12.3. The van der Waals surface area contributed by atoms with E-state index in [2.05, 4.69) is 26.1 Å². The molecule has 25 heavy (non-hydrogen) atoms. The summed E-state index contributed by atoms with van der Waals surface area (Å²) in [5.74, 6) is 0.944. The number of thioether (sulfide) groups is 1. The first-order chi connectivity index (χ1) is 12.2. The Kier molecular flexibility index (Phi) is 5.10. The van der Waals surface area contributed by atoms with E-state index in [1.165, 1.54) is 11.8 Å². The van der Waals surface area contributed by atoms with Gasteiger partial charge in [-0.05, 0) is 44.1 Å². The minimum atomic E-state index is -0.191. The number of nitrogens with one attached hydrogen (secondary N) is 1. The molecule has 0 aromatic carbocycles. The summed E-state index contributed by atoms with van der Waals surface area (Å²) in [6, 6.07) is 4.45. The van der Waals surface area contributed by atoms with E-state index in [9.17, 15) is 4.79 Å². The Morgan fingerprint density at radius 2 is 2.36 bits per heavy atom. The standard InChI is InChI=1S/C17H22N4O2S2/c1-11(16(22)18-12-6-7-12)25-17-20-19-15(14-5-3-9-24-14)21(17)10-13-4-2-8-23-13/h3,5,9,11-13H,2,4,6-8,10H2,1H3,(H,18,22). The van der Waals surface area contributed by atoms with E-state index >= 15 is 0 Å². The van der Waals surface area contributed by atoms with E-state index in [1.54, 1.807) is 11.3 Å². The van der Waals surface area contributed by atoms with Gasteiger partial charge >= 0.3 is 0 Å². The summed E-state index contributed by atoms with van der Waals surface area (Å²) in [6.45, 7) is 3.49. The van der Waals surface area contributed by atoms with Gasteiger partial charge < -0.3 is 10.1 Å². The third kappa shape index (κ3) is 4.07. The normalized spacial score (nSPS) is 21.4. The molecule has 0 radical (unpaired) electrons. The fourth-order valence-corrected chi connectivity index (χ4v) is 4.46. The lowest BCUT2D eigenvalue weighted by Gasteiger charge is -2.16. The second-order valence-corrected chi connectivity index (χ2v) is 8.83. The molecule has 0 spiro atoms. The van der Waals surface area contributed by atoms with Gasteiger partial charge in [0.05, 0.1) is 22.8 Å². The van der Waals surface area contributed by atoms with E-state index in [0.717, 1.165) is 54.7 Å². The maximum Gasteiger partial charge on any atom is 0.233 e. The maximum atomic E-state index is 12.3. The minimum Gasteiger partial charge on any atom is -0.376 e. The molecule has 6 nitrogen and oxygen atoms in total. The molecule has 4 rings (SSSR count). The number of hydrogen-bond acceptors (Lipinski definition) is 6. The van der Waals surface area contributed by atoms with Crippen molar-refractivity contribution in [3.8, 4) is 10.7 Å². The second kappa shape index (κ2) is 7.47. The number of amides is 1. The Morgan fingerprint density at radius 1 is 1.48 bits per heavy atom. The third-order valence-electron chi connectivity index (χ3n) is 4.44. The molecule has 2 aromatic rings. The Labute approximate surface area is 155 Å². The first-order valence-electron chi connectivity index (χ1n) is 8.76. The van der Waals surface area contributed by atoms with Crippen LogP contribution in [0.15, 0.2) is 22.7 Å². The van der Waals surface area contributed by atoms with Crippen LogP contribution in [0, 0.1) is 0 Å². The van der Waals surface area contributed by atoms with Crippen LogP contribution in [0.4, 0.5) is 0 Å². The number of nitrogens with zero attached hydrogens (tertiary/aromatic N) is 3. The molecule has 134 valence electrons. The highest BCUT2D eigenvalue weighted by molar-refractivity contribution is 8.00. The van der Waals surface area contributed by atoms with Crippen molar-refractivity contribution in [2.45, 2.75) is 61.7 Å². The lowest BCUT2D eigenvalue weighted by atomic mass is 10.2. The Balaban J connectivity index is 1.54. The van der Waals surface area contributed by atoms with Crippen LogP contribution in [-0.2, 0) is 16.1 Å². The van der Waals surface area contributed by atoms with Crippen LogP contribution in [0.25, 0.3) is 10.7 Å². The van der Waals surface area contributed by atoms with Gasteiger partial charge in [-0.3, -0.25) is 9.36 Å². The van der Waals surface area contributed by atoms with Gasteiger partial charge in [-0.25, -0.2) is 0 Å². The van der Waals surface area contributed by atoms with Crippen molar-refractivity contribution in [2.75, 3.05) is 6.61 Å². The zero-order valence-electron chi connectivity index (χ0n) is 14.2. The van der Waals surface area contributed by atoms with Crippen LogP contribution in [0.1, 0.15) is 32.6 Å². The molecule has 1 aliphatic carbocycles. The van der Waals surface area contributed by atoms with E-state index in [-0.39, 0.29) is 17.3 Å². The topological polar surface area (TPSA) is 69.0 Å². The smallest absolute Gasteiger partial charge is 0.233 e. The van der Waals surface area contributed by atoms with Gasteiger partial charge in [0.15, 0.2) is 11.0 Å². The number of rotatable bonds is 7. The molecule has 1 aliphatic heterocycles. The Bertz CT molecular complexity index is 721. The van der Waals surface area contributed by atoms with Gasteiger partial charge in [0.25, 0.3) is 0 Å². The molecule has 1 saturated heterocycles. The van der Waals surface area contributed by atoms with Crippen LogP contribution in [-0.4, -0.2) is 44.7 Å². The Morgan fingerprint density at radius 3 is 3.04 bits per heavy atom. The molecule has 3 heterocycles. The summed E-state index contributed by atoms with van der Waals surface area (Å²) in [5, 5.41) is 14.5. The molecule has 2 aromatic heterocycles.